The fourth-order valence-electron chi connectivity index (χ4n) is 1.67. The number of nitrogens with zero attached hydrogens (tertiary/aromatic N) is 1. The van der Waals surface area contributed by atoms with Gasteiger partial charge in [0.25, 0.3) is 0 Å². The Bertz CT molecular complexity index is 724. The van der Waals surface area contributed by atoms with E-state index in [1.165, 1.54) is 6.07 Å². The summed E-state index contributed by atoms with van der Waals surface area (Å²) in [6, 6.07) is 5.70. The number of hydrogen-bond acceptors (Lipinski definition) is 3. The molecule has 1 aromatic carbocycles. The minimum absolute atomic E-state index is 0.0527. The van der Waals surface area contributed by atoms with Gasteiger partial charge in [-0.1, -0.05) is 29.3 Å². The number of thiophene rings is 1. The summed E-state index contributed by atoms with van der Waals surface area (Å²) in [7, 11) is 0. The second-order valence-electron chi connectivity index (χ2n) is 3.83. The first kappa shape index (κ1) is 14.9. The topological polar surface area (TPSA) is 40.9 Å². The van der Waals surface area contributed by atoms with E-state index in [0.717, 1.165) is 23.5 Å². The average molecular weight is 332 g/mol. The van der Waals surface area contributed by atoms with Gasteiger partial charge in [0.05, 0.1) is 16.0 Å². The Morgan fingerprint density at radius 1 is 1.30 bits per heavy atom. The van der Waals surface area contributed by atoms with Gasteiger partial charge in [-0.3, -0.25) is 4.79 Å². The van der Waals surface area contributed by atoms with Crippen LogP contribution in [0.1, 0.15) is 21.8 Å². The van der Waals surface area contributed by atoms with Crippen molar-refractivity contribution in [3.8, 4) is 6.07 Å². The molecule has 102 valence electrons. The smallest absolute Gasteiger partial charge is 0.186 e. The Balaban J connectivity index is 2.45. The fraction of sp³-hybridized carbons (Fsp3) is 0.0769. The maximum Gasteiger partial charge on any atom is 0.186 e. The number of Topliss-reactive ketones (excluding diaryl/α,β-unsaturated/α-hetero) is 1. The van der Waals surface area contributed by atoms with E-state index in [2.05, 4.69) is 0 Å². The third-order valence-electron chi connectivity index (χ3n) is 2.59. The molecule has 0 bridgehead atoms. The first-order chi connectivity index (χ1) is 9.43. The molecule has 7 heteroatoms. The van der Waals surface area contributed by atoms with Crippen LogP contribution in [0.15, 0.2) is 24.3 Å². The zero-order chi connectivity index (χ0) is 14.9. The molecule has 2 rings (SSSR count). The van der Waals surface area contributed by atoms with Crippen molar-refractivity contribution in [2.45, 2.75) is 5.92 Å². The van der Waals surface area contributed by atoms with E-state index in [-0.39, 0.29) is 19.8 Å². The third-order valence-corrected chi connectivity index (χ3v) is 4.07. The van der Waals surface area contributed by atoms with E-state index < -0.39 is 23.3 Å². The molecule has 1 aromatic heterocycles. The van der Waals surface area contributed by atoms with Crippen molar-refractivity contribution in [1.29, 1.82) is 5.26 Å². The Morgan fingerprint density at radius 3 is 2.50 bits per heavy atom. The second-order valence-corrected chi connectivity index (χ2v) is 6.12. The highest BCUT2D eigenvalue weighted by molar-refractivity contribution is 7.20. The molecule has 20 heavy (non-hydrogen) atoms. The summed E-state index contributed by atoms with van der Waals surface area (Å²) in [4.78, 5) is 12.2. The average Bonchev–Trinajstić information content (AvgIpc) is 2.71. The number of nitriles is 1. The molecule has 0 amide bonds. The summed E-state index contributed by atoms with van der Waals surface area (Å²) in [5.41, 5.74) is -0.144. The van der Waals surface area contributed by atoms with Crippen LogP contribution in [0.25, 0.3) is 0 Å². The van der Waals surface area contributed by atoms with Crippen LogP contribution in [-0.2, 0) is 0 Å². The molecular formula is C13H5Cl2F2NOS. The number of halogens is 4. The van der Waals surface area contributed by atoms with E-state index in [0.29, 0.717) is 6.07 Å². The van der Waals surface area contributed by atoms with Crippen LogP contribution < -0.4 is 0 Å². The van der Waals surface area contributed by atoms with Crippen LogP contribution in [0.5, 0.6) is 0 Å². The molecule has 0 aliphatic rings. The molecule has 0 aliphatic heterocycles. The van der Waals surface area contributed by atoms with Crippen molar-refractivity contribution in [3.05, 3.63) is 55.7 Å². The predicted molar refractivity (Wildman–Crippen MR) is 73.4 cm³/mol. The Morgan fingerprint density at radius 2 is 2.00 bits per heavy atom. The Kier molecular flexibility index (Phi) is 4.39. The van der Waals surface area contributed by atoms with E-state index in [9.17, 15) is 13.6 Å². The molecule has 1 atom stereocenters. The molecule has 0 N–H and O–H groups in total. The number of carbonyl (C=O) groups is 1. The highest BCUT2D eigenvalue weighted by Crippen LogP contribution is 2.34. The molecule has 0 spiro atoms. The number of rotatable bonds is 3. The van der Waals surface area contributed by atoms with E-state index >= 15 is 0 Å². The van der Waals surface area contributed by atoms with Crippen LogP contribution in [0.4, 0.5) is 8.78 Å². The molecule has 2 nitrogen and oxygen atoms in total. The number of carbonyl (C=O) groups excluding carboxylic acids is 1. The minimum Gasteiger partial charge on any atom is -0.292 e. The number of hydrogen-bond donors (Lipinski definition) is 0. The highest BCUT2D eigenvalue weighted by atomic mass is 35.5. The minimum atomic E-state index is -1.40. The summed E-state index contributed by atoms with van der Waals surface area (Å²) >= 11 is 12.5. The summed E-state index contributed by atoms with van der Waals surface area (Å²) in [6.45, 7) is 0. The molecule has 1 heterocycles. The normalized spacial score (nSPS) is 11.9. The van der Waals surface area contributed by atoms with Gasteiger partial charge in [-0.15, -0.1) is 11.3 Å². The van der Waals surface area contributed by atoms with Gasteiger partial charge in [0, 0.05) is 11.6 Å². The van der Waals surface area contributed by atoms with Gasteiger partial charge in [0.15, 0.2) is 5.78 Å². The van der Waals surface area contributed by atoms with Crippen molar-refractivity contribution >= 4 is 40.3 Å². The van der Waals surface area contributed by atoms with Crippen LogP contribution >= 0.6 is 34.5 Å². The van der Waals surface area contributed by atoms with Crippen molar-refractivity contribution < 1.29 is 13.6 Å². The lowest BCUT2D eigenvalue weighted by Gasteiger charge is -2.09. The van der Waals surface area contributed by atoms with Gasteiger partial charge in [-0.25, -0.2) is 8.78 Å². The highest BCUT2D eigenvalue weighted by Gasteiger charge is 2.27. The van der Waals surface area contributed by atoms with Gasteiger partial charge in [0.1, 0.15) is 21.9 Å². The van der Waals surface area contributed by atoms with Crippen molar-refractivity contribution in [2.75, 3.05) is 0 Å². The Hall–Kier alpha value is -1.48. The summed E-state index contributed by atoms with van der Waals surface area (Å²) in [5, 5.41) is 9.10. The van der Waals surface area contributed by atoms with E-state index in [1.54, 1.807) is 6.07 Å². The van der Waals surface area contributed by atoms with Gasteiger partial charge in [0.2, 0.25) is 0 Å². The van der Waals surface area contributed by atoms with Crippen LogP contribution in [0, 0.1) is 23.0 Å². The van der Waals surface area contributed by atoms with E-state index in [4.69, 9.17) is 28.5 Å². The first-order valence-corrected chi connectivity index (χ1v) is 6.85. The van der Waals surface area contributed by atoms with Gasteiger partial charge >= 0.3 is 0 Å². The molecule has 0 aliphatic carbocycles. The van der Waals surface area contributed by atoms with E-state index in [1.807, 2.05) is 0 Å². The maximum atomic E-state index is 13.7. The molecular weight excluding hydrogens is 327 g/mol. The quantitative estimate of drug-likeness (QED) is 0.756. The van der Waals surface area contributed by atoms with Gasteiger partial charge < -0.3 is 0 Å². The molecule has 0 saturated heterocycles. The first-order valence-electron chi connectivity index (χ1n) is 5.27. The van der Waals surface area contributed by atoms with Crippen LogP contribution in [0.3, 0.4) is 0 Å². The van der Waals surface area contributed by atoms with Crippen LogP contribution in [0.2, 0.25) is 8.67 Å². The lowest BCUT2D eigenvalue weighted by Crippen LogP contribution is -2.12. The van der Waals surface area contributed by atoms with Crippen LogP contribution in [-0.4, -0.2) is 5.78 Å². The Labute approximate surface area is 127 Å². The number of benzene rings is 1. The summed E-state index contributed by atoms with van der Waals surface area (Å²) in [5.74, 6) is -3.82. The molecule has 0 saturated carbocycles. The lowest BCUT2D eigenvalue weighted by molar-refractivity contribution is 0.0978. The maximum absolute atomic E-state index is 13.7. The standard InChI is InChI=1S/C13H5Cl2F2NOS/c14-11-4-8(13(15)20-11)12(19)9(5-18)7-2-1-6(16)3-10(7)17/h1-4,9H. The van der Waals surface area contributed by atoms with Crippen molar-refractivity contribution in [3.63, 3.8) is 0 Å². The SMILES string of the molecule is N#CC(C(=O)c1cc(Cl)sc1Cl)c1ccc(F)cc1F. The lowest BCUT2D eigenvalue weighted by atomic mass is 9.92. The predicted octanol–water partition coefficient (Wildman–Crippen LogP) is 4.82. The van der Waals surface area contributed by atoms with Crippen molar-refractivity contribution in [2.24, 2.45) is 0 Å². The fourth-order valence-corrected chi connectivity index (χ4v) is 3.14. The molecule has 2 aromatic rings. The third kappa shape index (κ3) is 2.83. The number of ketones is 1. The monoisotopic (exact) mass is 331 g/mol. The summed E-state index contributed by atoms with van der Waals surface area (Å²) < 4.78 is 26.9. The second kappa shape index (κ2) is 5.88. The summed E-state index contributed by atoms with van der Waals surface area (Å²) in [6.07, 6.45) is 0. The molecule has 0 fully saturated rings. The largest absolute Gasteiger partial charge is 0.292 e. The zero-order valence-corrected chi connectivity index (χ0v) is 12.0. The molecule has 1 unspecified atom stereocenters. The van der Waals surface area contributed by atoms with Gasteiger partial charge in [-0.05, 0) is 12.1 Å². The van der Waals surface area contributed by atoms with Crippen molar-refractivity contribution in [1.82, 2.24) is 0 Å². The van der Waals surface area contributed by atoms with Gasteiger partial charge in [-0.2, -0.15) is 5.26 Å². The molecule has 0 radical (unpaired) electrons. The zero-order valence-electron chi connectivity index (χ0n) is 9.66.